The second-order valence-corrected chi connectivity index (χ2v) is 20.3. The smallest absolute Gasteiger partial charge is 0.356 e. The number of nitrogens with zero attached hydrogens (tertiary/aromatic N) is 2. The molecule has 2 bridgehead atoms. The van der Waals surface area contributed by atoms with Crippen LogP contribution >= 0.6 is 23.5 Å². The first-order valence-corrected chi connectivity index (χ1v) is 28.4. The molecule has 27 heteroatoms. The van der Waals surface area contributed by atoms with Gasteiger partial charge in [-0.1, -0.05) is 81.3 Å². The van der Waals surface area contributed by atoms with Gasteiger partial charge >= 0.3 is 5.97 Å². The minimum Gasteiger partial charge on any atom is -0.476 e. The van der Waals surface area contributed by atoms with Crippen molar-refractivity contribution in [3.63, 3.8) is 0 Å². The van der Waals surface area contributed by atoms with Gasteiger partial charge in [0.15, 0.2) is 11.4 Å². The third-order valence-electron chi connectivity index (χ3n) is 11.9. The van der Waals surface area contributed by atoms with Crippen LogP contribution in [0.1, 0.15) is 83.9 Å². The van der Waals surface area contributed by atoms with Crippen molar-refractivity contribution in [1.82, 2.24) is 47.2 Å². The lowest BCUT2D eigenvalue weighted by molar-refractivity contribution is -0.131. The fraction of sp³-hybridized carbons (Fsp3) is 0.500. The number of nitrogens with one attached hydrogen (secondary N) is 7. The van der Waals surface area contributed by atoms with Crippen molar-refractivity contribution in [2.75, 3.05) is 98.9 Å². The number of carboxylic acid groups (broad SMARTS) is 1. The summed E-state index contributed by atoms with van der Waals surface area (Å²) < 4.78 is 26.5. The van der Waals surface area contributed by atoms with E-state index in [-0.39, 0.29) is 89.4 Å². The van der Waals surface area contributed by atoms with Crippen LogP contribution in [0.4, 0.5) is 0 Å². The molecule has 0 spiro atoms. The molecule has 0 saturated carbocycles. The number of hydrogen-bond donors (Lipinski definition) is 9. The van der Waals surface area contributed by atoms with E-state index in [1.165, 1.54) is 17.3 Å². The molecule has 0 unspecified atom stereocenters. The number of aromatic nitrogens is 2. The maximum atomic E-state index is 13.4. The quantitative estimate of drug-likeness (QED) is 0.0335. The Morgan fingerprint density at radius 1 is 0.679 bits per heavy atom. The summed E-state index contributed by atoms with van der Waals surface area (Å²) in [5.41, 5.74) is 7.06. The van der Waals surface area contributed by atoms with Crippen LogP contribution in [0, 0.1) is 0 Å². The third kappa shape index (κ3) is 26.0. The molecular weight excluding hydrogens is 1090 g/mol. The Bertz CT molecular complexity index is 2570. The van der Waals surface area contributed by atoms with Crippen molar-refractivity contribution in [2.24, 2.45) is 5.73 Å². The van der Waals surface area contributed by atoms with E-state index >= 15 is 0 Å². The summed E-state index contributed by atoms with van der Waals surface area (Å²) in [7, 11) is 0. The van der Waals surface area contributed by atoms with Crippen LogP contribution in [-0.2, 0) is 75.2 Å². The van der Waals surface area contributed by atoms with Crippen LogP contribution < -0.4 is 43.0 Å². The highest BCUT2D eigenvalue weighted by Crippen LogP contribution is 2.46. The van der Waals surface area contributed by atoms with Gasteiger partial charge in [-0.3, -0.25) is 38.4 Å². The maximum absolute atomic E-state index is 13.4. The van der Waals surface area contributed by atoms with Crippen LogP contribution in [0.3, 0.4) is 0 Å². The van der Waals surface area contributed by atoms with Crippen LogP contribution in [0.15, 0.2) is 77.3 Å². The summed E-state index contributed by atoms with van der Waals surface area (Å²) in [4.78, 5) is 121. The van der Waals surface area contributed by atoms with Gasteiger partial charge in [0.05, 0.1) is 90.4 Å². The molecule has 1 aromatic heterocycles. The monoisotopic (exact) mass is 1170 g/mol. The predicted molar refractivity (Wildman–Crippen MR) is 301 cm³/mol. The first kappa shape index (κ1) is 66.5. The second-order valence-electron chi connectivity index (χ2n) is 17.9. The molecule has 0 saturated heterocycles. The number of carbonyl (C=O) groups is 9. The normalized spacial score (nSPS) is 17.1. The molecule has 25 nitrogen and oxygen atoms in total. The summed E-state index contributed by atoms with van der Waals surface area (Å²) >= 11 is 3.25. The van der Waals surface area contributed by atoms with Crippen LogP contribution in [-0.4, -0.2) is 178 Å². The van der Waals surface area contributed by atoms with Gasteiger partial charge in [0, 0.05) is 40.5 Å². The Balaban J connectivity index is 1.02. The highest BCUT2D eigenvalue weighted by atomic mass is 32.2. The standard InChI is InChI=1S/C54H74N10O15S2/c1-3-5-17-54(4-2)38-14-10-7-11-15-39(28-38)80-34-41-42(35-81-54)63-49(50(64-41)53(73)74)52(72)60-30-45(67)56-18-20-76-22-24-78-26-25-77-23-21-75-19-16-44(66)57-29-46(68)58-32-48(70)62-40(27-37-12-8-6-9-13-37)51(71)59-31-47(69)61-36-79-33-43(55)65/h6-15,28,40H,3-5,16-27,29-36H2,1-2H3,(H2,55,65)(H,56,67)(H,57,66)(H,58,68)(H,59,71)(H,60,72)(H,61,69)(H,62,70)(H,73,74)/b10-7?,11-7-,14-10-,15-11?,38-14?,38-28+,39-15+,39-28?/t40-,54+/m0/s1. The molecule has 4 rings (SSSR count). The third-order valence-corrected chi connectivity index (χ3v) is 14.6. The second kappa shape index (κ2) is 37.8. The Labute approximate surface area is 478 Å². The van der Waals surface area contributed by atoms with E-state index < -0.39 is 97.7 Å². The summed E-state index contributed by atoms with van der Waals surface area (Å²) in [6, 6.07) is 7.70. The number of amides is 8. The molecule has 1 aromatic carbocycles. The lowest BCUT2D eigenvalue weighted by atomic mass is 9.88. The SMILES string of the molecule is CCCC[C@@]1(CC)SCc2nc(C(=O)NCC(=O)NCCOCCOCCOCCOCCC(=O)NCC(=O)NCC(=O)N[C@@H](Cc3ccccc3)C(=O)NCC(=O)NCOCC(N)=O)c(C(=O)O)nc2CSC2=C/C=C\C=C/C1=C\2. The van der Waals surface area contributed by atoms with Crippen molar-refractivity contribution < 1.29 is 71.9 Å². The topological polar surface area (TPSA) is 356 Å². The average Bonchev–Trinajstić information content (AvgIpc) is 3.66. The molecule has 2 aliphatic rings. The van der Waals surface area contributed by atoms with Gasteiger partial charge in [-0.05, 0) is 36.1 Å². The Morgan fingerprint density at radius 2 is 1.30 bits per heavy atom. The summed E-state index contributed by atoms with van der Waals surface area (Å²) in [5.74, 6) is -5.78. The zero-order valence-electron chi connectivity index (χ0n) is 45.6. The zero-order chi connectivity index (χ0) is 58.7. The fourth-order valence-electron chi connectivity index (χ4n) is 7.59. The molecule has 2 atom stereocenters. The summed E-state index contributed by atoms with van der Waals surface area (Å²) in [5, 5.41) is 27.3. The largest absolute Gasteiger partial charge is 0.476 e. The van der Waals surface area contributed by atoms with Crippen molar-refractivity contribution in [3.8, 4) is 0 Å². The van der Waals surface area contributed by atoms with Gasteiger partial charge in [-0.2, -0.15) is 0 Å². The number of carboxylic acids is 1. The van der Waals surface area contributed by atoms with E-state index in [2.05, 4.69) is 73.2 Å². The van der Waals surface area contributed by atoms with E-state index in [9.17, 15) is 48.3 Å². The maximum Gasteiger partial charge on any atom is 0.356 e. The molecule has 1 aliphatic carbocycles. The molecule has 2 aromatic rings. The number of unbranched alkanes of at least 4 members (excludes halogenated alkanes) is 1. The van der Waals surface area contributed by atoms with E-state index in [1.54, 1.807) is 42.1 Å². The van der Waals surface area contributed by atoms with Gasteiger partial charge in [0.2, 0.25) is 41.4 Å². The fourth-order valence-corrected chi connectivity index (χ4v) is 9.94. The molecule has 0 radical (unpaired) electrons. The first-order chi connectivity index (χ1) is 39.1. The van der Waals surface area contributed by atoms with Crippen LogP contribution in [0.5, 0.6) is 0 Å². The highest BCUT2D eigenvalue weighted by Gasteiger charge is 2.34. The summed E-state index contributed by atoms with van der Waals surface area (Å²) in [6.07, 6.45) is 16.2. The number of rotatable bonds is 37. The lowest BCUT2D eigenvalue weighted by Gasteiger charge is -2.35. The van der Waals surface area contributed by atoms with Crippen molar-refractivity contribution >= 4 is 76.8 Å². The number of ether oxygens (including phenoxy) is 5. The lowest BCUT2D eigenvalue weighted by Crippen LogP contribution is -2.52. The molecule has 8 amide bonds. The number of hydrogen-bond acceptors (Lipinski definition) is 18. The van der Waals surface area contributed by atoms with Crippen molar-refractivity contribution in [1.29, 1.82) is 0 Å². The molecule has 0 fully saturated rings. The first-order valence-electron chi connectivity index (χ1n) is 26.4. The number of benzene rings is 1. The molecule has 10 N–H and O–H groups in total. The van der Waals surface area contributed by atoms with Gasteiger partial charge < -0.3 is 71.7 Å². The van der Waals surface area contributed by atoms with E-state index in [0.717, 1.165) is 36.2 Å². The average molecular weight is 1170 g/mol. The van der Waals surface area contributed by atoms with Gasteiger partial charge in [-0.25, -0.2) is 14.8 Å². The van der Waals surface area contributed by atoms with Gasteiger partial charge in [0.1, 0.15) is 19.4 Å². The van der Waals surface area contributed by atoms with Crippen molar-refractivity contribution in [2.45, 2.75) is 74.7 Å². The Kier molecular flexibility index (Phi) is 31.1. The van der Waals surface area contributed by atoms with E-state index in [1.807, 2.05) is 24.3 Å². The van der Waals surface area contributed by atoms with E-state index in [0.29, 0.717) is 22.9 Å². The number of carbonyl (C=O) groups excluding carboxylic acids is 8. The minimum atomic E-state index is -1.40. The predicted octanol–water partition coefficient (Wildman–Crippen LogP) is 0.884. The zero-order valence-corrected chi connectivity index (χ0v) is 47.3. The minimum absolute atomic E-state index is 0.0417. The van der Waals surface area contributed by atoms with E-state index in [4.69, 9.17) is 29.4 Å². The van der Waals surface area contributed by atoms with Crippen molar-refractivity contribution in [3.05, 3.63) is 106 Å². The van der Waals surface area contributed by atoms with Crippen LogP contribution in [0.2, 0.25) is 0 Å². The summed E-state index contributed by atoms with van der Waals surface area (Å²) in [6.45, 7) is 3.68. The van der Waals surface area contributed by atoms with Gasteiger partial charge in [0.25, 0.3) is 5.91 Å². The number of aromatic carboxylic acids is 1. The number of allylic oxidation sites excluding steroid dienone is 6. The Morgan fingerprint density at radius 3 is 1.99 bits per heavy atom. The number of primary amides is 1. The number of nitrogens with two attached hydrogens (primary N) is 1. The highest BCUT2D eigenvalue weighted by molar-refractivity contribution is 8.02. The Hall–Kier alpha value is -7.01. The molecular formula is C54H74N10O15S2. The molecule has 1 aliphatic heterocycles. The van der Waals surface area contributed by atoms with Gasteiger partial charge in [-0.15, -0.1) is 23.5 Å². The molecule has 442 valence electrons. The number of fused-ring (bicyclic) bond motifs is 2. The number of thioether (sulfide) groups is 2. The molecule has 2 heterocycles. The van der Waals surface area contributed by atoms with Crippen LogP contribution in [0.25, 0.3) is 0 Å². The molecule has 81 heavy (non-hydrogen) atoms.